The van der Waals surface area contributed by atoms with Crippen LogP contribution in [-0.4, -0.2) is 27.8 Å². The van der Waals surface area contributed by atoms with Gasteiger partial charge in [0.1, 0.15) is 6.04 Å². The molecule has 0 spiro atoms. The molecule has 35 heavy (non-hydrogen) atoms. The Labute approximate surface area is 209 Å². The van der Waals surface area contributed by atoms with Gasteiger partial charge in [0.15, 0.2) is 0 Å². The highest BCUT2D eigenvalue weighted by molar-refractivity contribution is 6.30. The van der Waals surface area contributed by atoms with Crippen molar-refractivity contribution in [2.24, 2.45) is 0 Å². The van der Waals surface area contributed by atoms with Gasteiger partial charge in [-0.3, -0.25) is 4.79 Å². The van der Waals surface area contributed by atoms with Crippen molar-refractivity contribution >= 4 is 23.3 Å². The molecule has 0 radical (unpaired) electrons. The summed E-state index contributed by atoms with van der Waals surface area (Å²) in [4.78, 5) is 15.3. The summed E-state index contributed by atoms with van der Waals surface area (Å²) in [5.74, 6) is 0.100. The minimum Gasteiger partial charge on any atom is -0.481 e. The highest BCUT2D eigenvalue weighted by atomic mass is 35.5. The largest absolute Gasteiger partial charge is 0.481 e. The molecule has 3 N–H and O–H groups in total. The van der Waals surface area contributed by atoms with E-state index >= 15 is 0 Å². The van der Waals surface area contributed by atoms with E-state index in [1.807, 2.05) is 54.6 Å². The predicted octanol–water partition coefficient (Wildman–Crippen LogP) is 5.77. The lowest BCUT2D eigenvalue weighted by atomic mass is 10.0. The van der Waals surface area contributed by atoms with Gasteiger partial charge in [0.05, 0.1) is 6.42 Å². The summed E-state index contributed by atoms with van der Waals surface area (Å²) in [6.07, 6.45) is 0.0910. The highest BCUT2D eigenvalue weighted by Crippen LogP contribution is 2.30. The van der Waals surface area contributed by atoms with Gasteiger partial charge in [-0.15, -0.1) is 0 Å². The number of carbonyl (C=O) groups is 1. The first kappa shape index (κ1) is 24.4. The van der Waals surface area contributed by atoms with Crippen molar-refractivity contribution in [2.45, 2.75) is 32.9 Å². The molecule has 0 aliphatic carbocycles. The van der Waals surface area contributed by atoms with E-state index in [-0.39, 0.29) is 12.5 Å². The fourth-order valence-corrected chi connectivity index (χ4v) is 3.84. The SMILES string of the molecule is Cc1ccc(NC(c2cccc(Cl)c2)c2nc(-c3ccc(CNCCC(=O)O)cc3)no2)cc1C. The minimum atomic E-state index is -0.816. The lowest BCUT2D eigenvalue weighted by Gasteiger charge is -2.18. The Kier molecular flexibility index (Phi) is 7.80. The van der Waals surface area contributed by atoms with Crippen LogP contribution in [-0.2, 0) is 11.3 Å². The number of aromatic nitrogens is 2. The number of aliphatic carboxylic acids is 1. The quantitative estimate of drug-likeness (QED) is 0.242. The molecule has 4 rings (SSSR count). The number of benzene rings is 3. The number of anilines is 1. The second kappa shape index (κ2) is 11.2. The third-order valence-electron chi connectivity index (χ3n) is 5.75. The molecule has 0 saturated carbocycles. The Balaban J connectivity index is 1.54. The maximum atomic E-state index is 10.6. The van der Waals surface area contributed by atoms with Crippen LogP contribution >= 0.6 is 11.6 Å². The number of halogens is 1. The molecule has 1 heterocycles. The molecule has 0 aliphatic rings. The molecule has 7 nitrogen and oxygen atoms in total. The number of carboxylic acids is 1. The van der Waals surface area contributed by atoms with Crippen LogP contribution in [0.5, 0.6) is 0 Å². The number of rotatable bonds is 10. The summed E-state index contributed by atoms with van der Waals surface area (Å²) in [7, 11) is 0. The van der Waals surface area contributed by atoms with Crippen molar-refractivity contribution in [3.63, 3.8) is 0 Å². The van der Waals surface area contributed by atoms with Crippen molar-refractivity contribution in [1.82, 2.24) is 15.5 Å². The van der Waals surface area contributed by atoms with Crippen molar-refractivity contribution in [2.75, 3.05) is 11.9 Å². The van der Waals surface area contributed by atoms with Crippen LogP contribution in [0, 0.1) is 13.8 Å². The molecule has 1 unspecified atom stereocenters. The van der Waals surface area contributed by atoms with Crippen molar-refractivity contribution in [3.8, 4) is 11.4 Å². The van der Waals surface area contributed by atoms with Crippen LogP contribution in [0.3, 0.4) is 0 Å². The number of aryl methyl sites for hydroxylation is 2. The molecule has 0 amide bonds. The second-order valence-corrected chi connectivity index (χ2v) is 8.84. The standard InChI is InChI=1S/C27H27ClN4O3/c1-17-6-11-23(14-18(17)2)30-25(21-4-3-5-22(28)15-21)27-31-26(32-35-27)20-9-7-19(8-10-20)16-29-13-12-24(33)34/h3-11,14-15,25,29-30H,12-13,16H2,1-2H3,(H,33,34). The third kappa shape index (κ3) is 6.47. The van der Waals surface area contributed by atoms with Gasteiger partial charge in [-0.05, 0) is 60.4 Å². The van der Waals surface area contributed by atoms with Gasteiger partial charge in [-0.25, -0.2) is 0 Å². The average molecular weight is 491 g/mol. The van der Waals surface area contributed by atoms with E-state index in [0.717, 1.165) is 22.4 Å². The van der Waals surface area contributed by atoms with E-state index in [9.17, 15) is 4.79 Å². The fourth-order valence-electron chi connectivity index (χ4n) is 3.64. The molecule has 8 heteroatoms. The lowest BCUT2D eigenvalue weighted by molar-refractivity contribution is -0.136. The lowest BCUT2D eigenvalue weighted by Crippen LogP contribution is -2.17. The van der Waals surface area contributed by atoms with Gasteiger partial charge in [-0.1, -0.05) is 59.2 Å². The summed E-state index contributed by atoms with van der Waals surface area (Å²) >= 11 is 6.27. The molecule has 0 aliphatic heterocycles. The maximum absolute atomic E-state index is 10.6. The molecule has 1 aromatic heterocycles. The van der Waals surface area contributed by atoms with E-state index in [4.69, 9.17) is 21.2 Å². The number of nitrogens with zero attached hydrogens (tertiary/aromatic N) is 2. The molecular weight excluding hydrogens is 464 g/mol. The molecule has 1 atom stereocenters. The summed E-state index contributed by atoms with van der Waals surface area (Å²) in [5.41, 5.74) is 6.12. The number of nitrogens with one attached hydrogen (secondary N) is 2. The Morgan fingerprint density at radius 3 is 2.57 bits per heavy atom. The van der Waals surface area contributed by atoms with Gasteiger partial charge >= 0.3 is 5.97 Å². The van der Waals surface area contributed by atoms with E-state index in [1.165, 1.54) is 11.1 Å². The maximum Gasteiger partial charge on any atom is 0.304 e. The van der Waals surface area contributed by atoms with E-state index < -0.39 is 5.97 Å². The van der Waals surface area contributed by atoms with Crippen LogP contribution in [0.2, 0.25) is 5.02 Å². The molecule has 0 fully saturated rings. The third-order valence-corrected chi connectivity index (χ3v) is 5.98. The topological polar surface area (TPSA) is 100 Å². The Hall–Kier alpha value is -3.68. The van der Waals surface area contributed by atoms with E-state index in [2.05, 4.69) is 46.8 Å². The highest BCUT2D eigenvalue weighted by Gasteiger charge is 2.22. The summed E-state index contributed by atoms with van der Waals surface area (Å²) < 4.78 is 5.70. The zero-order chi connectivity index (χ0) is 24.8. The number of carboxylic acid groups (broad SMARTS) is 1. The average Bonchev–Trinajstić information content (AvgIpc) is 3.33. The number of hydrogen-bond acceptors (Lipinski definition) is 6. The first-order valence-electron chi connectivity index (χ1n) is 11.3. The zero-order valence-electron chi connectivity index (χ0n) is 19.6. The van der Waals surface area contributed by atoms with Crippen LogP contribution in [0.4, 0.5) is 5.69 Å². The molecule has 0 saturated heterocycles. The monoisotopic (exact) mass is 490 g/mol. The fraction of sp³-hybridized carbons (Fsp3) is 0.222. The zero-order valence-corrected chi connectivity index (χ0v) is 20.3. The Bertz CT molecular complexity index is 1300. The Morgan fingerprint density at radius 2 is 1.86 bits per heavy atom. The van der Waals surface area contributed by atoms with E-state index in [1.54, 1.807) is 0 Å². The smallest absolute Gasteiger partial charge is 0.304 e. The van der Waals surface area contributed by atoms with Crippen LogP contribution < -0.4 is 10.6 Å². The summed E-state index contributed by atoms with van der Waals surface area (Å²) in [6.45, 7) is 5.16. The second-order valence-electron chi connectivity index (χ2n) is 8.41. The van der Waals surface area contributed by atoms with Crippen molar-refractivity contribution in [1.29, 1.82) is 0 Å². The molecule has 0 bridgehead atoms. The normalized spacial score (nSPS) is 11.9. The summed E-state index contributed by atoms with van der Waals surface area (Å²) in [6, 6.07) is 21.2. The van der Waals surface area contributed by atoms with Crippen LogP contribution in [0.25, 0.3) is 11.4 Å². The van der Waals surface area contributed by atoms with Gasteiger partial charge < -0.3 is 20.3 Å². The van der Waals surface area contributed by atoms with Crippen LogP contribution in [0.1, 0.15) is 40.6 Å². The van der Waals surface area contributed by atoms with Crippen molar-refractivity contribution in [3.05, 3.63) is 99.9 Å². The van der Waals surface area contributed by atoms with E-state index in [0.29, 0.717) is 29.8 Å². The van der Waals surface area contributed by atoms with Crippen molar-refractivity contribution < 1.29 is 14.4 Å². The predicted molar refractivity (Wildman–Crippen MR) is 137 cm³/mol. The van der Waals surface area contributed by atoms with Gasteiger partial charge in [0.25, 0.3) is 5.89 Å². The molecule has 180 valence electrons. The number of hydrogen-bond donors (Lipinski definition) is 3. The molecule has 3 aromatic carbocycles. The summed E-state index contributed by atoms with van der Waals surface area (Å²) in [5, 5.41) is 20.2. The van der Waals surface area contributed by atoms with Gasteiger partial charge in [-0.2, -0.15) is 4.98 Å². The van der Waals surface area contributed by atoms with Gasteiger partial charge in [0, 0.05) is 29.4 Å². The first-order valence-corrected chi connectivity index (χ1v) is 11.7. The molecule has 4 aromatic rings. The van der Waals surface area contributed by atoms with Crippen LogP contribution in [0.15, 0.2) is 71.3 Å². The molecular formula is C27H27ClN4O3. The Morgan fingerprint density at radius 1 is 1.06 bits per heavy atom. The minimum absolute atomic E-state index is 0.0910. The first-order chi connectivity index (χ1) is 16.9. The van der Waals surface area contributed by atoms with Gasteiger partial charge in [0.2, 0.25) is 5.82 Å².